The first-order chi connectivity index (χ1) is 11.7. The van der Waals surface area contributed by atoms with E-state index in [1.165, 1.54) is 12.8 Å². The third-order valence-corrected chi connectivity index (χ3v) is 6.39. The Hall–Kier alpha value is -0.990. The molecule has 3 unspecified atom stereocenters. The lowest BCUT2D eigenvalue weighted by Gasteiger charge is -2.33. The van der Waals surface area contributed by atoms with Gasteiger partial charge in [0.1, 0.15) is 0 Å². The first-order valence-electron chi connectivity index (χ1n) is 8.76. The number of benzene rings is 1. The molecule has 24 heavy (non-hydrogen) atoms. The Labute approximate surface area is 144 Å². The minimum absolute atomic E-state index is 0.312. The van der Waals surface area contributed by atoms with Crippen LogP contribution in [-0.2, 0) is 14.8 Å². The van der Waals surface area contributed by atoms with E-state index in [-0.39, 0.29) is 0 Å². The lowest BCUT2D eigenvalue weighted by atomic mass is 9.94. The topological polar surface area (TPSA) is 79.5 Å². The molecule has 1 saturated heterocycles. The molecule has 0 aromatic heterocycles. The first-order valence-corrected chi connectivity index (χ1v) is 10.2. The lowest BCUT2D eigenvalue weighted by Crippen LogP contribution is -2.51. The van der Waals surface area contributed by atoms with Crippen LogP contribution in [0.1, 0.15) is 19.3 Å². The summed E-state index contributed by atoms with van der Waals surface area (Å²) >= 11 is 0. The van der Waals surface area contributed by atoms with Crippen LogP contribution in [0.5, 0.6) is 0 Å². The minimum atomic E-state index is -3.41. The van der Waals surface area contributed by atoms with E-state index in [0.29, 0.717) is 36.0 Å². The maximum absolute atomic E-state index is 12.2. The van der Waals surface area contributed by atoms with Crippen LogP contribution in [0.2, 0.25) is 0 Å². The number of sulfonamides is 1. The van der Waals surface area contributed by atoms with Gasteiger partial charge in [-0.1, -0.05) is 24.6 Å². The summed E-state index contributed by atoms with van der Waals surface area (Å²) in [6.45, 7) is 3.53. The van der Waals surface area contributed by atoms with Gasteiger partial charge in [0.05, 0.1) is 18.1 Å². The summed E-state index contributed by atoms with van der Waals surface area (Å²) in [6, 6.07) is 9.34. The molecule has 1 heterocycles. The van der Waals surface area contributed by atoms with Crippen LogP contribution in [0, 0.1) is 5.92 Å². The molecule has 1 aliphatic carbocycles. The van der Waals surface area contributed by atoms with Gasteiger partial charge in [0.25, 0.3) is 0 Å². The van der Waals surface area contributed by atoms with Crippen LogP contribution in [0.15, 0.2) is 35.2 Å². The minimum Gasteiger partial charge on any atom is -0.379 e. The predicted molar refractivity (Wildman–Crippen MR) is 93.4 cm³/mol. The van der Waals surface area contributed by atoms with Crippen LogP contribution < -0.4 is 15.4 Å². The number of ether oxygens (including phenoxy) is 1. The van der Waals surface area contributed by atoms with Crippen molar-refractivity contribution >= 4 is 10.0 Å². The normalized spacial score (nSPS) is 28.1. The van der Waals surface area contributed by atoms with Crippen molar-refractivity contribution in [2.24, 2.45) is 5.92 Å². The molecule has 1 aliphatic heterocycles. The van der Waals surface area contributed by atoms with Crippen molar-refractivity contribution in [2.75, 3.05) is 32.8 Å². The molecule has 3 N–H and O–H groups in total. The molecule has 0 radical (unpaired) electrons. The van der Waals surface area contributed by atoms with E-state index in [4.69, 9.17) is 4.74 Å². The Morgan fingerprint density at radius 2 is 2.00 bits per heavy atom. The lowest BCUT2D eigenvalue weighted by molar-refractivity contribution is 0.0526. The highest BCUT2D eigenvalue weighted by molar-refractivity contribution is 7.89. The summed E-state index contributed by atoms with van der Waals surface area (Å²) in [6.07, 6.45) is 3.57. The van der Waals surface area contributed by atoms with Crippen molar-refractivity contribution in [3.05, 3.63) is 30.3 Å². The van der Waals surface area contributed by atoms with E-state index in [0.717, 1.165) is 26.2 Å². The predicted octanol–water partition coefficient (Wildman–Crippen LogP) is 0.712. The molecular formula is C17H27N3O3S. The molecule has 0 amide bonds. The highest BCUT2D eigenvalue weighted by Crippen LogP contribution is 2.29. The van der Waals surface area contributed by atoms with Gasteiger partial charge in [-0.25, -0.2) is 13.1 Å². The van der Waals surface area contributed by atoms with Gasteiger partial charge in [-0.15, -0.1) is 0 Å². The third-order valence-electron chi connectivity index (χ3n) is 4.91. The largest absolute Gasteiger partial charge is 0.379 e. The molecule has 1 aromatic rings. The zero-order valence-electron chi connectivity index (χ0n) is 13.9. The SMILES string of the molecule is O=S(=O)(NCCNC1CCCC1C1COCCN1)c1ccccc1. The van der Waals surface area contributed by atoms with Gasteiger partial charge >= 0.3 is 0 Å². The highest BCUT2D eigenvalue weighted by Gasteiger charge is 2.34. The second-order valence-corrected chi connectivity index (χ2v) is 8.27. The van der Waals surface area contributed by atoms with Crippen molar-refractivity contribution in [2.45, 2.75) is 36.2 Å². The summed E-state index contributed by atoms with van der Waals surface area (Å²) in [5.41, 5.74) is 0. The van der Waals surface area contributed by atoms with E-state index in [1.54, 1.807) is 24.3 Å². The molecular weight excluding hydrogens is 326 g/mol. The Kier molecular flexibility index (Phi) is 6.24. The smallest absolute Gasteiger partial charge is 0.240 e. The maximum atomic E-state index is 12.2. The maximum Gasteiger partial charge on any atom is 0.240 e. The second kappa shape index (κ2) is 8.40. The van der Waals surface area contributed by atoms with Gasteiger partial charge in [0.15, 0.2) is 0 Å². The first kappa shape index (κ1) is 17.8. The number of hydrogen-bond acceptors (Lipinski definition) is 5. The fourth-order valence-corrected chi connectivity index (χ4v) is 4.76. The van der Waals surface area contributed by atoms with E-state index in [9.17, 15) is 8.42 Å². The molecule has 7 heteroatoms. The van der Waals surface area contributed by atoms with E-state index >= 15 is 0 Å². The zero-order chi connectivity index (χ0) is 16.8. The van der Waals surface area contributed by atoms with Crippen molar-refractivity contribution < 1.29 is 13.2 Å². The average Bonchev–Trinajstić information content (AvgIpc) is 3.09. The average molecular weight is 353 g/mol. The summed E-state index contributed by atoms with van der Waals surface area (Å²) in [7, 11) is -3.41. The van der Waals surface area contributed by atoms with Crippen LogP contribution >= 0.6 is 0 Å². The number of morpholine rings is 1. The quantitative estimate of drug-likeness (QED) is 0.629. The Bertz CT molecular complexity index is 603. The van der Waals surface area contributed by atoms with Gasteiger partial charge in [0.2, 0.25) is 10.0 Å². The molecule has 3 atom stereocenters. The molecule has 2 aliphatic rings. The standard InChI is InChI=1S/C17H27N3O3S/c21-24(22,14-5-2-1-3-6-14)20-10-9-18-16-8-4-7-15(16)17-13-23-12-11-19-17/h1-3,5-6,15-20H,4,7-13H2. The van der Waals surface area contributed by atoms with Crippen molar-refractivity contribution in [1.29, 1.82) is 0 Å². The number of rotatable bonds is 7. The zero-order valence-corrected chi connectivity index (χ0v) is 14.7. The van der Waals surface area contributed by atoms with Crippen molar-refractivity contribution in [1.82, 2.24) is 15.4 Å². The van der Waals surface area contributed by atoms with Gasteiger partial charge in [-0.05, 0) is 30.9 Å². The molecule has 6 nitrogen and oxygen atoms in total. The van der Waals surface area contributed by atoms with Gasteiger partial charge in [-0.3, -0.25) is 0 Å². The fourth-order valence-electron chi connectivity index (χ4n) is 3.71. The molecule has 0 bridgehead atoms. The Morgan fingerprint density at radius 3 is 2.75 bits per heavy atom. The van der Waals surface area contributed by atoms with Gasteiger partial charge in [-0.2, -0.15) is 0 Å². The summed E-state index contributed by atoms with van der Waals surface area (Å²) < 4.78 is 32.6. The van der Waals surface area contributed by atoms with Gasteiger partial charge in [0, 0.05) is 31.7 Å². The fraction of sp³-hybridized carbons (Fsp3) is 0.647. The summed E-state index contributed by atoms with van der Waals surface area (Å²) in [4.78, 5) is 0.312. The molecule has 3 rings (SSSR count). The van der Waals surface area contributed by atoms with E-state index in [2.05, 4.69) is 15.4 Å². The number of hydrogen-bond donors (Lipinski definition) is 3. The van der Waals surface area contributed by atoms with Crippen LogP contribution in [0.3, 0.4) is 0 Å². The van der Waals surface area contributed by atoms with Crippen molar-refractivity contribution in [3.8, 4) is 0 Å². The van der Waals surface area contributed by atoms with Crippen LogP contribution in [-0.4, -0.2) is 53.3 Å². The highest BCUT2D eigenvalue weighted by atomic mass is 32.2. The molecule has 1 aromatic carbocycles. The Morgan fingerprint density at radius 1 is 1.17 bits per heavy atom. The second-order valence-electron chi connectivity index (χ2n) is 6.50. The molecule has 134 valence electrons. The van der Waals surface area contributed by atoms with Gasteiger partial charge < -0.3 is 15.4 Å². The molecule has 0 spiro atoms. The van der Waals surface area contributed by atoms with E-state index in [1.807, 2.05) is 6.07 Å². The monoisotopic (exact) mass is 353 g/mol. The molecule has 2 fully saturated rings. The number of nitrogens with one attached hydrogen (secondary N) is 3. The van der Waals surface area contributed by atoms with Crippen LogP contribution in [0.4, 0.5) is 0 Å². The summed E-state index contributed by atoms with van der Waals surface area (Å²) in [5.74, 6) is 0.566. The third kappa shape index (κ3) is 4.55. The Balaban J connectivity index is 1.44. The summed E-state index contributed by atoms with van der Waals surface area (Å²) in [5, 5.41) is 7.08. The van der Waals surface area contributed by atoms with E-state index < -0.39 is 10.0 Å². The van der Waals surface area contributed by atoms with Crippen LogP contribution in [0.25, 0.3) is 0 Å². The van der Waals surface area contributed by atoms with Crippen molar-refractivity contribution in [3.63, 3.8) is 0 Å². The molecule has 1 saturated carbocycles.